The number of benzene rings is 1. The Hall–Kier alpha value is -2.36. The Balaban J connectivity index is 2.07. The zero-order valence-electron chi connectivity index (χ0n) is 12.2. The predicted molar refractivity (Wildman–Crippen MR) is 83.3 cm³/mol. The number of rotatable bonds is 7. The van der Waals surface area contributed by atoms with E-state index in [-0.39, 0.29) is 6.42 Å². The summed E-state index contributed by atoms with van der Waals surface area (Å²) < 4.78 is 0. The number of pyridine rings is 1. The molecule has 21 heavy (non-hydrogen) atoms. The van der Waals surface area contributed by atoms with E-state index in [9.17, 15) is 4.79 Å². The van der Waals surface area contributed by atoms with Gasteiger partial charge in [0, 0.05) is 24.8 Å². The number of aromatic nitrogens is 1. The molecule has 0 aliphatic rings. The van der Waals surface area contributed by atoms with Crippen LogP contribution in [0.3, 0.4) is 0 Å². The fraction of sp³-hybridized carbons (Fsp3) is 0.294. The molecule has 0 spiro atoms. The largest absolute Gasteiger partial charge is 0.481 e. The van der Waals surface area contributed by atoms with Crippen molar-refractivity contribution in [2.75, 3.05) is 11.4 Å². The fourth-order valence-electron chi connectivity index (χ4n) is 2.15. The van der Waals surface area contributed by atoms with Crippen molar-refractivity contribution in [3.63, 3.8) is 0 Å². The zero-order chi connectivity index (χ0) is 15.1. The van der Waals surface area contributed by atoms with Crippen LogP contribution in [0.15, 0.2) is 48.7 Å². The Labute approximate surface area is 125 Å². The number of aryl methyl sites for hydroxylation is 1. The molecule has 110 valence electrons. The lowest BCUT2D eigenvalue weighted by Crippen LogP contribution is -2.24. The first kappa shape index (κ1) is 15.0. The number of nitrogens with zero attached hydrogens (tertiary/aromatic N) is 2. The first-order chi connectivity index (χ1) is 10.1. The lowest BCUT2D eigenvalue weighted by molar-refractivity contribution is -0.137. The van der Waals surface area contributed by atoms with E-state index in [1.807, 2.05) is 55.6 Å². The van der Waals surface area contributed by atoms with Gasteiger partial charge in [-0.15, -0.1) is 0 Å². The van der Waals surface area contributed by atoms with Gasteiger partial charge in [-0.3, -0.25) is 9.78 Å². The number of carboxylic acids is 1. The van der Waals surface area contributed by atoms with Gasteiger partial charge in [0.15, 0.2) is 0 Å². The Kier molecular flexibility index (Phi) is 5.32. The molecular formula is C17H20N2O2. The van der Waals surface area contributed by atoms with Crippen LogP contribution in [0.4, 0.5) is 5.69 Å². The van der Waals surface area contributed by atoms with E-state index in [4.69, 9.17) is 5.11 Å². The summed E-state index contributed by atoms with van der Waals surface area (Å²) >= 11 is 0. The summed E-state index contributed by atoms with van der Waals surface area (Å²) in [5.74, 6) is -0.753. The summed E-state index contributed by atoms with van der Waals surface area (Å²) in [6, 6.07) is 14.1. The van der Waals surface area contributed by atoms with E-state index in [2.05, 4.69) is 9.88 Å². The van der Waals surface area contributed by atoms with Crippen molar-refractivity contribution < 1.29 is 9.90 Å². The van der Waals surface area contributed by atoms with Gasteiger partial charge in [-0.05, 0) is 37.1 Å². The molecule has 0 aliphatic carbocycles. The molecule has 0 atom stereocenters. The number of carboxylic acid groups (broad SMARTS) is 1. The van der Waals surface area contributed by atoms with Crippen molar-refractivity contribution >= 4 is 11.7 Å². The van der Waals surface area contributed by atoms with E-state index >= 15 is 0 Å². The molecule has 0 amide bonds. The fourth-order valence-corrected chi connectivity index (χ4v) is 2.15. The molecule has 1 heterocycles. The van der Waals surface area contributed by atoms with Gasteiger partial charge >= 0.3 is 5.97 Å². The van der Waals surface area contributed by atoms with Crippen molar-refractivity contribution in [2.24, 2.45) is 0 Å². The van der Waals surface area contributed by atoms with Crippen LogP contribution in [-0.4, -0.2) is 22.6 Å². The summed E-state index contributed by atoms with van der Waals surface area (Å²) in [5.41, 5.74) is 3.21. The summed E-state index contributed by atoms with van der Waals surface area (Å²) in [6.45, 7) is 3.40. The summed E-state index contributed by atoms with van der Waals surface area (Å²) in [6.07, 6.45) is 2.66. The van der Waals surface area contributed by atoms with Crippen molar-refractivity contribution in [1.82, 2.24) is 4.98 Å². The molecule has 1 N–H and O–H groups in total. The van der Waals surface area contributed by atoms with Crippen LogP contribution in [0.1, 0.15) is 24.1 Å². The maximum absolute atomic E-state index is 10.7. The number of para-hydroxylation sites is 1. The maximum atomic E-state index is 10.7. The highest BCUT2D eigenvalue weighted by atomic mass is 16.4. The third-order valence-electron chi connectivity index (χ3n) is 3.27. The lowest BCUT2D eigenvalue weighted by atomic mass is 10.2. The van der Waals surface area contributed by atoms with Crippen molar-refractivity contribution in [3.05, 3.63) is 59.9 Å². The van der Waals surface area contributed by atoms with E-state index in [1.165, 1.54) is 0 Å². The normalized spacial score (nSPS) is 10.3. The van der Waals surface area contributed by atoms with Crippen LogP contribution in [0.25, 0.3) is 0 Å². The Morgan fingerprint density at radius 3 is 2.57 bits per heavy atom. The van der Waals surface area contributed by atoms with Crippen LogP contribution in [-0.2, 0) is 11.3 Å². The Morgan fingerprint density at radius 2 is 1.95 bits per heavy atom. The van der Waals surface area contributed by atoms with Crippen LogP contribution in [0, 0.1) is 6.92 Å². The molecule has 0 saturated carbocycles. The molecule has 0 aliphatic heterocycles. The van der Waals surface area contributed by atoms with Gasteiger partial charge in [-0.2, -0.15) is 0 Å². The summed E-state index contributed by atoms with van der Waals surface area (Å²) in [4.78, 5) is 17.3. The monoisotopic (exact) mass is 284 g/mol. The number of aliphatic carboxylic acids is 1. The highest BCUT2D eigenvalue weighted by Crippen LogP contribution is 2.17. The second-order valence-electron chi connectivity index (χ2n) is 5.08. The molecule has 0 radical (unpaired) electrons. The van der Waals surface area contributed by atoms with Gasteiger partial charge in [-0.1, -0.05) is 24.3 Å². The minimum Gasteiger partial charge on any atom is -0.481 e. The molecule has 0 fully saturated rings. The Bertz CT molecular complexity index is 567. The lowest BCUT2D eigenvalue weighted by Gasteiger charge is -2.24. The average Bonchev–Trinajstić information content (AvgIpc) is 2.49. The first-order valence-corrected chi connectivity index (χ1v) is 7.08. The van der Waals surface area contributed by atoms with E-state index in [0.717, 1.165) is 16.9 Å². The highest BCUT2D eigenvalue weighted by Gasteiger charge is 2.09. The minimum absolute atomic E-state index is 0.185. The Morgan fingerprint density at radius 1 is 1.19 bits per heavy atom. The third kappa shape index (κ3) is 4.91. The SMILES string of the molecule is Cc1ccc(CN(CCCC(=O)O)c2ccccc2)nc1. The summed E-state index contributed by atoms with van der Waals surface area (Å²) in [5, 5.41) is 8.79. The van der Waals surface area contributed by atoms with Gasteiger partial charge in [0.1, 0.15) is 0 Å². The molecule has 4 heteroatoms. The maximum Gasteiger partial charge on any atom is 0.303 e. The van der Waals surface area contributed by atoms with Crippen molar-refractivity contribution in [1.29, 1.82) is 0 Å². The molecular weight excluding hydrogens is 264 g/mol. The van der Waals surface area contributed by atoms with E-state index in [0.29, 0.717) is 19.5 Å². The molecule has 1 aromatic carbocycles. The number of anilines is 1. The highest BCUT2D eigenvalue weighted by molar-refractivity contribution is 5.66. The van der Waals surface area contributed by atoms with Crippen molar-refractivity contribution in [2.45, 2.75) is 26.3 Å². The van der Waals surface area contributed by atoms with Gasteiger partial charge in [0.2, 0.25) is 0 Å². The van der Waals surface area contributed by atoms with Gasteiger partial charge in [-0.25, -0.2) is 0 Å². The number of carbonyl (C=O) groups is 1. The number of hydrogen-bond acceptors (Lipinski definition) is 3. The van der Waals surface area contributed by atoms with Gasteiger partial charge < -0.3 is 10.0 Å². The molecule has 4 nitrogen and oxygen atoms in total. The third-order valence-corrected chi connectivity index (χ3v) is 3.27. The number of hydrogen-bond donors (Lipinski definition) is 1. The smallest absolute Gasteiger partial charge is 0.303 e. The second kappa shape index (κ2) is 7.43. The van der Waals surface area contributed by atoms with Gasteiger partial charge in [0.05, 0.1) is 12.2 Å². The molecule has 0 unspecified atom stereocenters. The molecule has 2 aromatic rings. The van der Waals surface area contributed by atoms with Crippen LogP contribution in [0.2, 0.25) is 0 Å². The first-order valence-electron chi connectivity index (χ1n) is 7.08. The topological polar surface area (TPSA) is 53.4 Å². The van der Waals surface area contributed by atoms with Crippen molar-refractivity contribution in [3.8, 4) is 0 Å². The van der Waals surface area contributed by atoms with Crippen LogP contribution >= 0.6 is 0 Å². The molecule has 1 aromatic heterocycles. The summed E-state index contributed by atoms with van der Waals surface area (Å²) in [7, 11) is 0. The molecule has 0 saturated heterocycles. The quantitative estimate of drug-likeness (QED) is 0.848. The average molecular weight is 284 g/mol. The molecule has 0 bridgehead atoms. The van der Waals surface area contributed by atoms with E-state index in [1.54, 1.807) is 0 Å². The van der Waals surface area contributed by atoms with Gasteiger partial charge in [0.25, 0.3) is 0 Å². The zero-order valence-corrected chi connectivity index (χ0v) is 12.2. The van der Waals surface area contributed by atoms with Crippen LogP contribution < -0.4 is 4.90 Å². The molecule has 2 rings (SSSR count). The van der Waals surface area contributed by atoms with E-state index < -0.39 is 5.97 Å². The van der Waals surface area contributed by atoms with Crippen LogP contribution in [0.5, 0.6) is 0 Å². The standard InChI is InChI=1S/C17H20N2O2/c1-14-9-10-15(18-12-14)13-19(11-5-8-17(20)21)16-6-3-2-4-7-16/h2-4,6-7,9-10,12H,5,8,11,13H2,1H3,(H,20,21). The minimum atomic E-state index is -0.753. The second-order valence-corrected chi connectivity index (χ2v) is 5.08. The predicted octanol–water partition coefficient (Wildman–Crippen LogP) is 3.26.